The van der Waals surface area contributed by atoms with Crippen molar-refractivity contribution in [3.8, 4) is 0 Å². The van der Waals surface area contributed by atoms with Gasteiger partial charge in [0.1, 0.15) is 78.1 Å². The van der Waals surface area contributed by atoms with Gasteiger partial charge in [-0.1, -0.05) is 158 Å². The fourth-order valence-corrected chi connectivity index (χ4v) is 13.1. The summed E-state index contributed by atoms with van der Waals surface area (Å²) in [6.07, 6.45) is 1.19. The van der Waals surface area contributed by atoms with E-state index in [-0.39, 0.29) is 88.1 Å². The number of benzene rings is 2. The van der Waals surface area contributed by atoms with Gasteiger partial charge in [0.25, 0.3) is 0 Å². The summed E-state index contributed by atoms with van der Waals surface area (Å²) >= 11 is 0. The van der Waals surface area contributed by atoms with Crippen molar-refractivity contribution in [1.82, 2.24) is 73.6 Å². The first-order chi connectivity index (χ1) is 52.0. The molecule has 2 aliphatic heterocycles. The van der Waals surface area contributed by atoms with Gasteiger partial charge >= 0.3 is 12.1 Å². The van der Waals surface area contributed by atoms with E-state index in [1.54, 1.807) is 123 Å². The lowest BCUT2D eigenvalue weighted by Crippen LogP contribution is -2.60. The number of nitrogens with one attached hydrogen (secondary N) is 12. The van der Waals surface area contributed by atoms with Gasteiger partial charge in [0, 0.05) is 25.9 Å². The van der Waals surface area contributed by atoms with Gasteiger partial charge in [0.05, 0.1) is 20.2 Å². The summed E-state index contributed by atoms with van der Waals surface area (Å²) in [6, 6.07) is 3.94. The van der Waals surface area contributed by atoms with Gasteiger partial charge in [-0.2, -0.15) is 0 Å². The van der Waals surface area contributed by atoms with E-state index in [0.29, 0.717) is 24.0 Å². The summed E-state index contributed by atoms with van der Waals surface area (Å²) < 4.78 is 10.3. The minimum atomic E-state index is -1.25. The molecule has 4 rings (SSSR count). The molecule has 0 spiro atoms. The molecule has 31 nitrogen and oxygen atoms in total. The summed E-state index contributed by atoms with van der Waals surface area (Å²) in [5, 5.41) is 32.5. The second-order valence-corrected chi connectivity index (χ2v) is 32.8. The zero-order chi connectivity index (χ0) is 83.3. The molecule has 2 fully saturated rings. The van der Waals surface area contributed by atoms with Crippen molar-refractivity contribution >= 4 is 88.9 Å². The molecule has 0 aliphatic carbocycles. The maximum atomic E-state index is 14.6. The van der Waals surface area contributed by atoms with Crippen LogP contribution in [-0.4, -0.2) is 210 Å². The Morgan fingerprint density at radius 1 is 0.396 bits per heavy atom. The molecule has 12 N–H and O–H groups in total. The SMILES string of the molecule is COC(=O)[C@H](CC(C)C)NC(=O)[C@@H](NC(=O)[C@H](Cc1ccccc1)NC(=O)CNC(=O)[C@H]1CCCN1C(=O)[C@H](C)NC(=O)[C@H](CC(C)C)NC(=O)[C@@H](NC(=O)[C@H](CC(C)C)NC(=O)CNC(=O)[C@H]1CCCN1C(=O)[C@@H](NC(=O)[C@H](Cc1ccccc1)NC(=O)[C@H](CC(C)C)NC(=O)OC(C)(C)C)C(C)C)C(C)C)C(C)C. The quantitative estimate of drug-likeness (QED) is 0.0425. The maximum absolute atomic E-state index is 14.6. The summed E-state index contributed by atoms with van der Waals surface area (Å²) in [7, 11) is 1.21. The van der Waals surface area contributed by atoms with Crippen molar-refractivity contribution in [2.24, 2.45) is 41.4 Å². The molecule has 2 aromatic carbocycles. The third kappa shape index (κ3) is 31.5. The average molecular weight is 1560 g/mol. The van der Waals surface area contributed by atoms with Gasteiger partial charge in [-0.3, -0.25) is 62.3 Å². The first-order valence-corrected chi connectivity index (χ1v) is 39.0. The topological polar surface area (TPSA) is 425 Å². The number of nitrogens with zero attached hydrogens (tertiary/aromatic N) is 2. The monoisotopic (exact) mass is 1550 g/mol. The van der Waals surface area contributed by atoms with Crippen LogP contribution >= 0.6 is 0 Å². The zero-order valence-electron chi connectivity index (χ0n) is 68.5. The number of methoxy groups -OCH3 is 1. The van der Waals surface area contributed by atoms with E-state index in [2.05, 4.69) is 63.8 Å². The Bertz CT molecular complexity index is 3490. The van der Waals surface area contributed by atoms with Gasteiger partial charge in [-0.05, 0) is 132 Å². The maximum Gasteiger partial charge on any atom is 0.408 e. The molecule has 0 unspecified atom stereocenters. The van der Waals surface area contributed by atoms with E-state index in [1.165, 1.54) is 23.8 Å². The largest absolute Gasteiger partial charge is 0.467 e. The Labute approximate surface area is 654 Å². The van der Waals surface area contributed by atoms with E-state index in [1.807, 2.05) is 55.4 Å². The fraction of sp³-hybridized carbons (Fsp3) is 0.662. The highest BCUT2D eigenvalue weighted by Gasteiger charge is 2.43. The zero-order valence-corrected chi connectivity index (χ0v) is 68.5. The lowest BCUT2D eigenvalue weighted by Gasteiger charge is -2.32. The van der Waals surface area contributed by atoms with Crippen LogP contribution in [0.25, 0.3) is 0 Å². The van der Waals surface area contributed by atoms with Crippen LogP contribution in [-0.2, 0) is 89.4 Å². The molecule has 0 saturated carbocycles. The van der Waals surface area contributed by atoms with Crippen molar-refractivity contribution in [2.45, 2.75) is 267 Å². The molecule has 2 aromatic rings. The Morgan fingerprint density at radius 2 is 0.730 bits per heavy atom. The molecule has 111 heavy (non-hydrogen) atoms. The molecule has 2 aliphatic rings. The van der Waals surface area contributed by atoms with Crippen LogP contribution < -0.4 is 63.8 Å². The lowest BCUT2D eigenvalue weighted by atomic mass is 9.98. The van der Waals surface area contributed by atoms with E-state index in [0.717, 1.165) is 0 Å². The molecule has 0 aromatic heterocycles. The van der Waals surface area contributed by atoms with Crippen molar-refractivity contribution in [1.29, 1.82) is 0 Å². The molecular weight excluding hydrogens is 1430 g/mol. The van der Waals surface area contributed by atoms with Crippen molar-refractivity contribution in [3.63, 3.8) is 0 Å². The third-order valence-electron chi connectivity index (χ3n) is 18.7. The number of carbonyl (C=O) groups is 15. The van der Waals surface area contributed by atoms with Gasteiger partial charge in [0.2, 0.25) is 76.8 Å². The number of hydrogen-bond donors (Lipinski definition) is 12. The Kier molecular flexibility index (Phi) is 37.9. The highest BCUT2D eigenvalue weighted by atomic mass is 16.6. The fourth-order valence-electron chi connectivity index (χ4n) is 13.1. The van der Waals surface area contributed by atoms with Gasteiger partial charge in [-0.25, -0.2) is 9.59 Å². The molecule has 31 heteroatoms. The van der Waals surface area contributed by atoms with Crippen LogP contribution in [0.3, 0.4) is 0 Å². The Morgan fingerprint density at radius 3 is 1.14 bits per heavy atom. The number of ether oxygens (including phenoxy) is 2. The predicted molar refractivity (Wildman–Crippen MR) is 416 cm³/mol. The number of hydrogen-bond acceptors (Lipinski definition) is 17. The number of alkyl carbamates (subject to hydrolysis) is 1. The van der Waals surface area contributed by atoms with Crippen LogP contribution in [0.5, 0.6) is 0 Å². The molecule has 0 bridgehead atoms. The van der Waals surface area contributed by atoms with Crippen LogP contribution in [0.15, 0.2) is 60.7 Å². The summed E-state index contributed by atoms with van der Waals surface area (Å²) in [6.45, 7) is 30.6. The third-order valence-corrected chi connectivity index (χ3v) is 18.7. The van der Waals surface area contributed by atoms with E-state index >= 15 is 0 Å². The van der Waals surface area contributed by atoms with Gasteiger partial charge in [0.15, 0.2) is 0 Å². The first-order valence-electron chi connectivity index (χ1n) is 39.0. The Balaban J connectivity index is 1.39. The van der Waals surface area contributed by atoms with Crippen LogP contribution in [0.2, 0.25) is 0 Å². The average Bonchev–Trinajstić information content (AvgIpc) is 1.75. The number of likely N-dealkylation sites (tertiary alicyclic amines) is 2. The Hall–Kier alpha value is -9.71. The molecule has 2 heterocycles. The number of carbonyl (C=O) groups excluding carboxylic acids is 15. The lowest BCUT2D eigenvalue weighted by molar-refractivity contribution is -0.146. The first kappa shape index (κ1) is 93.7. The summed E-state index contributed by atoms with van der Waals surface area (Å²) in [4.78, 5) is 211. The standard InChI is InChI=1S/C80H126N14O17/c1-44(2)36-54(84-62(95)42-82-73(103)61-33-27-35-94(61)77(107)66(50(13)14)92-71(101)58(41-53-30-24-21-25-31-53)86-68(98)56(38-46(5)6)89-79(109)111-80(16,17)18)69(99)90-64(48(9)10)74(104)87-55(37-45(3)4)67(97)83-51(15)76(106)93-34-26-32-60(93)72(102)81-43-63(96)85-57(40-52-28-22-20-23-29-52)70(100)91-65(49(11)12)75(105)88-59(39-47(7)8)78(108)110-19/h20-25,28-31,44-51,54-61,64-66H,26-27,32-43H2,1-19H3,(H,81,102)(H,82,103)(H,83,97)(H,84,95)(H,85,96)(H,86,98)(H,87,104)(H,88,105)(H,89,109)(H,90,99)(H,91,100)(H,92,101)/t51-,54-,55-,56-,57-,58-,59-,60+,61+,64-,65-,66-/m0/s1. The van der Waals surface area contributed by atoms with Gasteiger partial charge < -0.3 is 83.1 Å². The van der Waals surface area contributed by atoms with Crippen LogP contribution in [0, 0.1) is 41.4 Å². The van der Waals surface area contributed by atoms with Crippen molar-refractivity contribution < 1.29 is 81.4 Å². The van der Waals surface area contributed by atoms with E-state index < -0.39 is 198 Å². The van der Waals surface area contributed by atoms with Gasteiger partial charge in [-0.15, -0.1) is 0 Å². The van der Waals surface area contributed by atoms with Crippen LogP contribution in [0.4, 0.5) is 4.79 Å². The highest BCUT2D eigenvalue weighted by Crippen LogP contribution is 2.23. The van der Waals surface area contributed by atoms with Crippen LogP contribution in [0.1, 0.15) is 187 Å². The predicted octanol–water partition coefficient (Wildman–Crippen LogP) is 3.29. The summed E-state index contributed by atoms with van der Waals surface area (Å²) in [5.74, 6) is -11.5. The minimum absolute atomic E-state index is 0.00400. The highest BCUT2D eigenvalue weighted by molar-refractivity contribution is 6.00. The van der Waals surface area contributed by atoms with Crippen molar-refractivity contribution in [3.05, 3.63) is 71.8 Å². The number of rotatable bonds is 41. The second-order valence-electron chi connectivity index (χ2n) is 32.8. The molecule has 2 saturated heterocycles. The normalized spacial score (nSPS) is 17.0. The van der Waals surface area contributed by atoms with Crippen molar-refractivity contribution in [2.75, 3.05) is 33.3 Å². The second kappa shape index (κ2) is 45.0. The number of amides is 14. The number of esters is 1. The molecular formula is C80H126N14O17. The minimum Gasteiger partial charge on any atom is -0.467 e. The van der Waals surface area contributed by atoms with E-state index in [9.17, 15) is 71.9 Å². The molecule has 14 amide bonds. The van der Waals surface area contributed by atoms with E-state index in [4.69, 9.17) is 9.47 Å². The molecule has 618 valence electrons. The molecule has 0 radical (unpaired) electrons. The summed E-state index contributed by atoms with van der Waals surface area (Å²) in [5.41, 5.74) is 0.528. The smallest absolute Gasteiger partial charge is 0.408 e. The molecule has 12 atom stereocenters.